The summed E-state index contributed by atoms with van der Waals surface area (Å²) in [7, 11) is 0. The molecule has 0 aliphatic heterocycles. The van der Waals surface area contributed by atoms with E-state index in [2.05, 4.69) is 10.4 Å². The number of carboxylic acids is 1. The summed E-state index contributed by atoms with van der Waals surface area (Å²) in [6.45, 7) is 3.87. The second kappa shape index (κ2) is 7.28. The Labute approximate surface area is 139 Å². The molecule has 23 heavy (non-hydrogen) atoms. The van der Waals surface area contributed by atoms with Gasteiger partial charge in [0, 0.05) is 18.0 Å². The number of aromatic nitrogens is 2. The van der Waals surface area contributed by atoms with E-state index in [0.29, 0.717) is 22.8 Å². The van der Waals surface area contributed by atoms with Crippen LogP contribution in [0.2, 0.25) is 5.02 Å². The summed E-state index contributed by atoms with van der Waals surface area (Å²) in [6.07, 6.45) is 1.51. The minimum Gasteiger partial charge on any atom is -0.481 e. The second-order valence-electron chi connectivity index (χ2n) is 5.45. The maximum absolute atomic E-state index is 12.2. The Balaban J connectivity index is 2.09. The standard InChI is InChI=1S/C16H18ClN3O3/c1-10(6-15(21)22)8-18-16(23)14-9-19-20(11(14)2)13-5-3-4-12(17)7-13/h3-5,7,9-10H,6,8H2,1-2H3,(H,18,23)(H,21,22). The molecule has 2 rings (SSSR count). The van der Waals surface area contributed by atoms with Crippen molar-refractivity contribution in [1.29, 1.82) is 0 Å². The predicted molar refractivity (Wildman–Crippen MR) is 87.1 cm³/mol. The van der Waals surface area contributed by atoms with Gasteiger partial charge in [0.05, 0.1) is 23.1 Å². The molecule has 1 heterocycles. The topological polar surface area (TPSA) is 84.2 Å². The fourth-order valence-electron chi connectivity index (χ4n) is 2.23. The van der Waals surface area contributed by atoms with Crippen molar-refractivity contribution >= 4 is 23.5 Å². The SMILES string of the molecule is Cc1c(C(=O)NCC(C)CC(=O)O)cnn1-c1cccc(Cl)c1. The van der Waals surface area contributed by atoms with Crippen LogP contribution in [0.4, 0.5) is 0 Å². The molecule has 1 aromatic heterocycles. The molecule has 0 saturated heterocycles. The highest BCUT2D eigenvalue weighted by Gasteiger charge is 2.16. The van der Waals surface area contributed by atoms with E-state index >= 15 is 0 Å². The zero-order chi connectivity index (χ0) is 17.0. The summed E-state index contributed by atoms with van der Waals surface area (Å²) in [5.41, 5.74) is 1.91. The smallest absolute Gasteiger partial charge is 0.303 e. The van der Waals surface area contributed by atoms with Crippen LogP contribution in [0.15, 0.2) is 30.5 Å². The van der Waals surface area contributed by atoms with Gasteiger partial charge in [-0.25, -0.2) is 4.68 Å². The molecule has 1 atom stereocenters. The van der Waals surface area contributed by atoms with Crippen molar-refractivity contribution in [2.24, 2.45) is 5.92 Å². The largest absolute Gasteiger partial charge is 0.481 e. The first-order valence-corrected chi connectivity index (χ1v) is 7.57. The summed E-state index contributed by atoms with van der Waals surface area (Å²) in [6, 6.07) is 7.19. The van der Waals surface area contributed by atoms with Gasteiger partial charge in [-0.15, -0.1) is 0 Å². The molecule has 1 unspecified atom stereocenters. The van der Waals surface area contributed by atoms with E-state index in [4.69, 9.17) is 16.7 Å². The van der Waals surface area contributed by atoms with Gasteiger partial charge < -0.3 is 10.4 Å². The van der Waals surface area contributed by atoms with Crippen LogP contribution in [0.3, 0.4) is 0 Å². The highest BCUT2D eigenvalue weighted by molar-refractivity contribution is 6.30. The Hall–Kier alpha value is -2.34. The third-order valence-electron chi connectivity index (χ3n) is 3.44. The van der Waals surface area contributed by atoms with Crippen molar-refractivity contribution in [3.8, 4) is 5.69 Å². The Morgan fingerprint density at radius 2 is 2.17 bits per heavy atom. The lowest BCUT2D eigenvalue weighted by atomic mass is 10.1. The van der Waals surface area contributed by atoms with Crippen LogP contribution in [0.25, 0.3) is 5.69 Å². The first kappa shape index (κ1) is 17.0. The van der Waals surface area contributed by atoms with Crippen molar-refractivity contribution in [2.45, 2.75) is 20.3 Å². The molecule has 0 spiro atoms. The molecule has 0 radical (unpaired) electrons. The van der Waals surface area contributed by atoms with Crippen LogP contribution in [0.1, 0.15) is 29.4 Å². The Kier molecular flexibility index (Phi) is 5.39. The molecule has 0 saturated carbocycles. The molecule has 2 N–H and O–H groups in total. The normalized spacial score (nSPS) is 12.0. The fraction of sp³-hybridized carbons (Fsp3) is 0.312. The molecule has 1 amide bonds. The van der Waals surface area contributed by atoms with Crippen molar-refractivity contribution in [3.63, 3.8) is 0 Å². The second-order valence-corrected chi connectivity index (χ2v) is 5.88. The number of aliphatic carboxylic acids is 1. The minimum absolute atomic E-state index is 0.0149. The van der Waals surface area contributed by atoms with E-state index in [9.17, 15) is 9.59 Å². The van der Waals surface area contributed by atoms with E-state index in [0.717, 1.165) is 5.69 Å². The molecular formula is C16H18ClN3O3. The number of nitrogens with zero attached hydrogens (tertiary/aromatic N) is 2. The lowest BCUT2D eigenvalue weighted by Crippen LogP contribution is -2.29. The van der Waals surface area contributed by atoms with E-state index in [1.807, 2.05) is 12.1 Å². The number of carbonyl (C=O) groups is 2. The van der Waals surface area contributed by atoms with E-state index in [1.54, 1.807) is 30.7 Å². The fourth-order valence-corrected chi connectivity index (χ4v) is 2.42. The first-order valence-electron chi connectivity index (χ1n) is 7.19. The third-order valence-corrected chi connectivity index (χ3v) is 3.68. The van der Waals surface area contributed by atoms with Crippen molar-refractivity contribution in [2.75, 3.05) is 6.54 Å². The number of benzene rings is 1. The maximum atomic E-state index is 12.2. The minimum atomic E-state index is -0.878. The van der Waals surface area contributed by atoms with E-state index in [1.165, 1.54) is 6.20 Å². The van der Waals surface area contributed by atoms with Gasteiger partial charge in [0.2, 0.25) is 0 Å². The Morgan fingerprint density at radius 1 is 1.43 bits per heavy atom. The average molecular weight is 336 g/mol. The van der Waals surface area contributed by atoms with Gasteiger partial charge in [-0.1, -0.05) is 24.6 Å². The zero-order valence-electron chi connectivity index (χ0n) is 12.9. The molecule has 6 nitrogen and oxygen atoms in total. The van der Waals surface area contributed by atoms with Gasteiger partial charge in [0.15, 0.2) is 0 Å². The lowest BCUT2D eigenvalue weighted by molar-refractivity contribution is -0.137. The molecule has 122 valence electrons. The van der Waals surface area contributed by atoms with Crippen molar-refractivity contribution in [3.05, 3.63) is 46.7 Å². The molecule has 0 bridgehead atoms. The Morgan fingerprint density at radius 3 is 2.83 bits per heavy atom. The van der Waals surface area contributed by atoms with E-state index < -0.39 is 5.97 Å². The molecule has 0 aliphatic carbocycles. The number of hydrogen-bond donors (Lipinski definition) is 2. The van der Waals surface area contributed by atoms with E-state index in [-0.39, 0.29) is 18.2 Å². The Bertz CT molecular complexity index is 727. The van der Waals surface area contributed by atoms with Crippen LogP contribution in [0, 0.1) is 12.8 Å². The predicted octanol–water partition coefficient (Wildman–Crippen LogP) is 2.67. The summed E-state index contributed by atoms with van der Waals surface area (Å²) in [4.78, 5) is 22.9. The number of hydrogen-bond acceptors (Lipinski definition) is 3. The highest BCUT2D eigenvalue weighted by atomic mass is 35.5. The summed E-state index contributed by atoms with van der Waals surface area (Å²) in [5, 5.41) is 16.3. The number of rotatable bonds is 6. The monoisotopic (exact) mass is 335 g/mol. The zero-order valence-corrected chi connectivity index (χ0v) is 13.7. The van der Waals surface area contributed by atoms with Crippen LogP contribution in [0.5, 0.6) is 0 Å². The summed E-state index contributed by atoms with van der Waals surface area (Å²) >= 11 is 5.97. The molecule has 1 aromatic carbocycles. The van der Waals surface area contributed by atoms with Crippen LogP contribution in [-0.2, 0) is 4.79 Å². The number of nitrogens with one attached hydrogen (secondary N) is 1. The maximum Gasteiger partial charge on any atom is 0.303 e. The molecule has 0 aliphatic rings. The molecule has 7 heteroatoms. The summed E-state index contributed by atoms with van der Waals surface area (Å²) < 4.78 is 1.64. The van der Waals surface area contributed by atoms with Crippen molar-refractivity contribution in [1.82, 2.24) is 15.1 Å². The van der Waals surface area contributed by atoms with Gasteiger partial charge in [-0.3, -0.25) is 9.59 Å². The lowest BCUT2D eigenvalue weighted by Gasteiger charge is -2.10. The number of carbonyl (C=O) groups excluding carboxylic acids is 1. The van der Waals surface area contributed by atoms with Crippen LogP contribution < -0.4 is 5.32 Å². The van der Waals surface area contributed by atoms with Crippen molar-refractivity contribution < 1.29 is 14.7 Å². The average Bonchev–Trinajstić information content (AvgIpc) is 2.86. The summed E-state index contributed by atoms with van der Waals surface area (Å²) in [5.74, 6) is -1.29. The quantitative estimate of drug-likeness (QED) is 0.850. The van der Waals surface area contributed by atoms with Gasteiger partial charge in [0.1, 0.15) is 0 Å². The molecule has 2 aromatic rings. The van der Waals surface area contributed by atoms with Gasteiger partial charge >= 0.3 is 5.97 Å². The number of carboxylic acid groups (broad SMARTS) is 1. The van der Waals surface area contributed by atoms with Crippen LogP contribution in [-0.4, -0.2) is 33.3 Å². The number of amides is 1. The number of halogens is 1. The molecule has 0 fully saturated rings. The third kappa shape index (κ3) is 4.32. The highest BCUT2D eigenvalue weighted by Crippen LogP contribution is 2.18. The van der Waals surface area contributed by atoms with Gasteiger partial charge in [-0.2, -0.15) is 5.10 Å². The van der Waals surface area contributed by atoms with Crippen LogP contribution >= 0.6 is 11.6 Å². The van der Waals surface area contributed by atoms with Gasteiger partial charge in [-0.05, 0) is 31.0 Å². The first-order chi connectivity index (χ1) is 10.9. The molecular weight excluding hydrogens is 318 g/mol. The van der Waals surface area contributed by atoms with Gasteiger partial charge in [0.25, 0.3) is 5.91 Å².